The molecule has 4 nitrogen and oxygen atoms in total. The van der Waals surface area contributed by atoms with Crippen LogP contribution >= 0.6 is 0 Å². The van der Waals surface area contributed by atoms with Gasteiger partial charge < -0.3 is 16.2 Å². The first-order valence-electron chi connectivity index (χ1n) is 4.33. The molecule has 78 valence electrons. The van der Waals surface area contributed by atoms with Crippen molar-refractivity contribution < 1.29 is 4.74 Å². The van der Waals surface area contributed by atoms with E-state index in [4.69, 9.17) is 10.1 Å². The molecule has 1 aromatic rings. The van der Waals surface area contributed by atoms with Crippen molar-refractivity contribution in [3.63, 3.8) is 0 Å². The standard InChI is InChI=1S/C9H12O.CH5N3/c1-8(2)10-9-6-4-3-5-7-9;2-1(3)4/h3-8H,1-2H3;(H5,2,3,4). The molecule has 14 heavy (non-hydrogen) atoms. The molecule has 0 amide bonds. The average Bonchev–Trinajstić information content (AvgIpc) is 2.03. The number of para-hydroxylation sites is 1. The summed E-state index contributed by atoms with van der Waals surface area (Å²) in [6.45, 7) is 4.04. The predicted octanol–water partition coefficient (Wildman–Crippen LogP) is 1.31. The average molecular weight is 195 g/mol. The lowest BCUT2D eigenvalue weighted by atomic mass is 10.3. The lowest BCUT2D eigenvalue weighted by molar-refractivity contribution is 0.242. The highest BCUT2D eigenvalue weighted by atomic mass is 16.5. The molecule has 0 atom stereocenters. The van der Waals surface area contributed by atoms with Gasteiger partial charge in [0.2, 0.25) is 0 Å². The van der Waals surface area contributed by atoms with Gasteiger partial charge in [0, 0.05) is 0 Å². The van der Waals surface area contributed by atoms with Gasteiger partial charge in [-0.2, -0.15) is 0 Å². The minimum absolute atomic E-state index is 0.266. The Morgan fingerprint density at radius 2 is 1.64 bits per heavy atom. The van der Waals surface area contributed by atoms with Gasteiger partial charge in [-0.1, -0.05) is 18.2 Å². The molecule has 0 heterocycles. The van der Waals surface area contributed by atoms with Crippen LogP contribution in [-0.4, -0.2) is 12.1 Å². The Bertz CT molecular complexity index is 255. The Labute approximate surface area is 84.4 Å². The molecule has 0 aliphatic heterocycles. The molecule has 0 saturated carbocycles. The van der Waals surface area contributed by atoms with Gasteiger partial charge in [0.25, 0.3) is 0 Å². The molecule has 0 saturated heterocycles. The van der Waals surface area contributed by atoms with Gasteiger partial charge in [-0.25, -0.2) is 0 Å². The normalized spacial score (nSPS) is 8.79. The van der Waals surface area contributed by atoms with Crippen LogP contribution in [0.3, 0.4) is 0 Å². The molecule has 0 fully saturated rings. The van der Waals surface area contributed by atoms with Gasteiger partial charge in [-0.05, 0) is 26.0 Å². The zero-order valence-corrected chi connectivity index (χ0v) is 8.53. The lowest BCUT2D eigenvalue weighted by Gasteiger charge is -2.07. The number of benzene rings is 1. The van der Waals surface area contributed by atoms with E-state index in [0.29, 0.717) is 0 Å². The maximum atomic E-state index is 6.06. The summed E-state index contributed by atoms with van der Waals surface area (Å²) in [5.74, 6) is 0.609. The molecule has 0 radical (unpaired) electrons. The third kappa shape index (κ3) is 8.39. The Kier molecular flexibility index (Phi) is 5.94. The number of nitrogens with two attached hydrogens (primary N) is 2. The van der Waals surface area contributed by atoms with E-state index < -0.39 is 0 Å². The molecule has 0 unspecified atom stereocenters. The van der Waals surface area contributed by atoms with Gasteiger partial charge in [0.1, 0.15) is 5.75 Å². The smallest absolute Gasteiger partial charge is 0.183 e. The maximum Gasteiger partial charge on any atom is 0.183 e. The van der Waals surface area contributed by atoms with Crippen LogP contribution in [0.1, 0.15) is 13.8 Å². The lowest BCUT2D eigenvalue weighted by Crippen LogP contribution is -2.20. The van der Waals surface area contributed by atoms with E-state index in [2.05, 4.69) is 11.5 Å². The summed E-state index contributed by atoms with van der Waals surface area (Å²) in [5, 5.41) is 6.06. The topological polar surface area (TPSA) is 85.1 Å². The van der Waals surface area contributed by atoms with E-state index in [9.17, 15) is 0 Å². The zero-order valence-electron chi connectivity index (χ0n) is 8.53. The van der Waals surface area contributed by atoms with Crippen molar-refractivity contribution in [3.05, 3.63) is 30.3 Å². The molecule has 0 bridgehead atoms. The van der Waals surface area contributed by atoms with Gasteiger partial charge in [0.15, 0.2) is 5.96 Å². The maximum absolute atomic E-state index is 6.06. The highest BCUT2D eigenvalue weighted by Gasteiger charge is 1.92. The third-order valence-corrected chi connectivity index (χ3v) is 1.11. The fourth-order valence-electron chi connectivity index (χ4n) is 0.771. The highest BCUT2D eigenvalue weighted by Crippen LogP contribution is 2.09. The molecule has 0 spiro atoms. The first-order chi connectivity index (χ1) is 6.52. The van der Waals surface area contributed by atoms with E-state index in [0.717, 1.165) is 5.75 Å². The van der Waals surface area contributed by atoms with Crippen molar-refractivity contribution in [2.24, 2.45) is 11.5 Å². The number of ether oxygens (including phenoxy) is 1. The van der Waals surface area contributed by atoms with Gasteiger partial charge in [0.05, 0.1) is 6.10 Å². The monoisotopic (exact) mass is 195 g/mol. The summed E-state index contributed by atoms with van der Waals surface area (Å²) in [7, 11) is 0. The van der Waals surface area contributed by atoms with Crippen molar-refractivity contribution in [3.8, 4) is 5.75 Å². The zero-order chi connectivity index (χ0) is 11.0. The van der Waals surface area contributed by atoms with Crippen LogP contribution in [0, 0.1) is 5.41 Å². The number of guanidine groups is 1. The summed E-state index contributed by atoms with van der Waals surface area (Å²) < 4.78 is 5.41. The van der Waals surface area contributed by atoms with Crippen molar-refractivity contribution in [1.29, 1.82) is 5.41 Å². The van der Waals surface area contributed by atoms with Crippen LogP contribution in [0.2, 0.25) is 0 Å². The predicted molar refractivity (Wildman–Crippen MR) is 58.3 cm³/mol. The van der Waals surface area contributed by atoms with Crippen LogP contribution in [0.5, 0.6) is 5.75 Å². The molecule has 0 aromatic heterocycles. The Morgan fingerprint density at radius 1 is 1.21 bits per heavy atom. The number of hydrogen-bond donors (Lipinski definition) is 3. The first-order valence-corrected chi connectivity index (χ1v) is 4.33. The van der Waals surface area contributed by atoms with Crippen LogP contribution in [-0.2, 0) is 0 Å². The fourth-order valence-corrected chi connectivity index (χ4v) is 0.771. The number of hydrogen-bond acceptors (Lipinski definition) is 2. The van der Waals surface area contributed by atoms with E-state index in [1.165, 1.54) is 0 Å². The van der Waals surface area contributed by atoms with Crippen LogP contribution in [0.4, 0.5) is 0 Å². The summed E-state index contributed by atoms with van der Waals surface area (Å²) in [6.07, 6.45) is 0.266. The van der Waals surface area contributed by atoms with E-state index in [1.54, 1.807) is 0 Å². The first kappa shape index (κ1) is 12.3. The van der Waals surface area contributed by atoms with Crippen molar-refractivity contribution >= 4 is 5.96 Å². The molecule has 5 N–H and O–H groups in total. The van der Waals surface area contributed by atoms with Gasteiger partial charge >= 0.3 is 0 Å². The second-order valence-corrected chi connectivity index (χ2v) is 2.94. The summed E-state index contributed by atoms with van der Waals surface area (Å²) in [5.41, 5.74) is 8.94. The van der Waals surface area contributed by atoms with Crippen molar-refractivity contribution in [2.75, 3.05) is 0 Å². The largest absolute Gasteiger partial charge is 0.491 e. The SMILES string of the molecule is CC(C)Oc1ccccc1.N=C(N)N. The van der Waals surface area contributed by atoms with Crippen molar-refractivity contribution in [1.82, 2.24) is 0 Å². The molecule has 0 aliphatic rings. The second kappa shape index (κ2) is 6.77. The van der Waals surface area contributed by atoms with Gasteiger partial charge in [-0.15, -0.1) is 0 Å². The van der Waals surface area contributed by atoms with E-state index in [1.807, 2.05) is 44.2 Å². The fraction of sp³-hybridized carbons (Fsp3) is 0.300. The molecule has 4 heteroatoms. The number of rotatable bonds is 2. The molecule has 1 aromatic carbocycles. The third-order valence-electron chi connectivity index (χ3n) is 1.11. The van der Waals surface area contributed by atoms with E-state index >= 15 is 0 Å². The minimum Gasteiger partial charge on any atom is -0.491 e. The molecular formula is C10H17N3O. The van der Waals surface area contributed by atoms with Crippen LogP contribution in [0.15, 0.2) is 30.3 Å². The molecular weight excluding hydrogens is 178 g/mol. The summed E-state index contributed by atoms with van der Waals surface area (Å²) in [6, 6.07) is 9.84. The highest BCUT2D eigenvalue weighted by molar-refractivity contribution is 5.71. The van der Waals surface area contributed by atoms with Gasteiger partial charge in [-0.3, -0.25) is 5.41 Å². The molecule has 0 aliphatic carbocycles. The Morgan fingerprint density at radius 3 is 2.00 bits per heavy atom. The number of nitrogens with one attached hydrogen (secondary N) is 1. The van der Waals surface area contributed by atoms with Crippen LogP contribution in [0.25, 0.3) is 0 Å². The van der Waals surface area contributed by atoms with Crippen molar-refractivity contribution in [2.45, 2.75) is 20.0 Å². The summed E-state index contributed by atoms with van der Waals surface area (Å²) >= 11 is 0. The minimum atomic E-state index is -0.333. The second-order valence-electron chi connectivity index (χ2n) is 2.94. The molecule has 1 rings (SSSR count). The summed E-state index contributed by atoms with van der Waals surface area (Å²) in [4.78, 5) is 0. The Balaban J connectivity index is 0.000000364. The Hall–Kier alpha value is -1.71. The van der Waals surface area contributed by atoms with Crippen LogP contribution < -0.4 is 16.2 Å². The quantitative estimate of drug-likeness (QED) is 0.491. The van der Waals surface area contributed by atoms with E-state index in [-0.39, 0.29) is 12.1 Å².